The zero-order valence-electron chi connectivity index (χ0n) is 5.67. The number of hydrogen-bond acceptors (Lipinski definition) is 3. The van der Waals surface area contributed by atoms with Gasteiger partial charge in [-0.15, -0.1) is 5.10 Å². The number of halogens is 2. The van der Waals surface area contributed by atoms with Crippen LogP contribution >= 0.6 is 23.2 Å². The lowest BCUT2D eigenvalue weighted by Gasteiger charge is -1.97. The number of phenols is 1. The molecule has 0 saturated carbocycles. The molecular formula is C6H3Cl2N3O. The molecule has 0 unspecified atom stereocenters. The largest absolute Gasteiger partial charge is 0.506 e. The van der Waals surface area contributed by atoms with E-state index in [1.807, 2.05) is 0 Å². The number of rotatable bonds is 0. The van der Waals surface area contributed by atoms with E-state index in [9.17, 15) is 5.11 Å². The molecule has 12 heavy (non-hydrogen) atoms. The summed E-state index contributed by atoms with van der Waals surface area (Å²) in [4.78, 5) is 0. The predicted molar refractivity (Wildman–Crippen MR) is 45.6 cm³/mol. The Hall–Kier alpha value is -1.000. The fourth-order valence-corrected chi connectivity index (χ4v) is 1.30. The van der Waals surface area contributed by atoms with Crippen LogP contribution in [0.3, 0.4) is 0 Å². The summed E-state index contributed by atoms with van der Waals surface area (Å²) < 4.78 is 0. The molecule has 1 aromatic carbocycles. The molecular weight excluding hydrogens is 201 g/mol. The van der Waals surface area contributed by atoms with E-state index in [0.717, 1.165) is 0 Å². The van der Waals surface area contributed by atoms with Gasteiger partial charge in [0.05, 0.1) is 10.5 Å². The number of nitrogens with zero attached hydrogens (tertiary/aromatic N) is 2. The summed E-state index contributed by atoms with van der Waals surface area (Å²) >= 11 is 11.4. The van der Waals surface area contributed by atoms with Crippen molar-refractivity contribution in [3.8, 4) is 5.75 Å². The molecule has 1 heterocycles. The van der Waals surface area contributed by atoms with E-state index < -0.39 is 0 Å². The van der Waals surface area contributed by atoms with Crippen LogP contribution in [-0.2, 0) is 0 Å². The molecule has 0 spiro atoms. The predicted octanol–water partition coefficient (Wildman–Crippen LogP) is 1.97. The standard InChI is InChI=1S/C6H3Cl2N3O/c7-4-3(12)1-2-6(5(4)8)10-11-9-2/h1,12H,(H,9,10,11). The van der Waals surface area contributed by atoms with Crippen LogP contribution in [-0.4, -0.2) is 20.5 Å². The van der Waals surface area contributed by atoms with Gasteiger partial charge in [0, 0.05) is 6.07 Å². The highest BCUT2D eigenvalue weighted by atomic mass is 35.5. The molecule has 0 radical (unpaired) electrons. The van der Waals surface area contributed by atoms with Gasteiger partial charge < -0.3 is 5.11 Å². The Labute approximate surface area is 77.1 Å². The Kier molecular flexibility index (Phi) is 1.59. The third-order valence-electron chi connectivity index (χ3n) is 1.48. The zero-order valence-corrected chi connectivity index (χ0v) is 7.19. The quantitative estimate of drug-likeness (QED) is 0.689. The second kappa shape index (κ2) is 2.50. The second-order valence-electron chi connectivity index (χ2n) is 2.23. The molecule has 2 rings (SSSR count). The van der Waals surface area contributed by atoms with Gasteiger partial charge in [-0.25, -0.2) is 0 Å². The number of aromatic nitrogens is 3. The van der Waals surface area contributed by atoms with Crippen LogP contribution in [0, 0.1) is 0 Å². The minimum absolute atomic E-state index is 0.0831. The summed E-state index contributed by atoms with van der Waals surface area (Å²) in [6, 6.07) is 1.42. The lowest BCUT2D eigenvalue weighted by atomic mass is 10.3. The maximum absolute atomic E-state index is 9.22. The first-order valence-electron chi connectivity index (χ1n) is 3.08. The molecule has 0 aliphatic carbocycles. The van der Waals surface area contributed by atoms with Crippen molar-refractivity contribution in [1.29, 1.82) is 0 Å². The highest BCUT2D eigenvalue weighted by molar-refractivity contribution is 6.45. The molecule has 0 fully saturated rings. The Morgan fingerprint density at radius 1 is 1.33 bits per heavy atom. The van der Waals surface area contributed by atoms with Crippen LogP contribution in [0.25, 0.3) is 11.0 Å². The molecule has 6 heteroatoms. The maximum Gasteiger partial charge on any atom is 0.137 e. The van der Waals surface area contributed by atoms with Gasteiger partial charge in [-0.3, -0.25) is 5.10 Å². The van der Waals surface area contributed by atoms with Crippen molar-refractivity contribution in [2.75, 3.05) is 0 Å². The van der Waals surface area contributed by atoms with Crippen molar-refractivity contribution in [2.24, 2.45) is 0 Å². The minimum Gasteiger partial charge on any atom is -0.506 e. The van der Waals surface area contributed by atoms with Gasteiger partial charge in [0.15, 0.2) is 0 Å². The van der Waals surface area contributed by atoms with Crippen LogP contribution in [0.2, 0.25) is 10.0 Å². The molecule has 0 amide bonds. The minimum atomic E-state index is -0.0831. The van der Waals surface area contributed by atoms with Crippen molar-refractivity contribution in [2.45, 2.75) is 0 Å². The van der Waals surface area contributed by atoms with Gasteiger partial charge in [0.25, 0.3) is 0 Å². The van der Waals surface area contributed by atoms with Crippen molar-refractivity contribution in [3.05, 3.63) is 16.1 Å². The Morgan fingerprint density at radius 2 is 2.08 bits per heavy atom. The SMILES string of the molecule is Oc1cc2[nH]nnc2c(Cl)c1Cl. The number of aromatic hydroxyl groups is 1. The Bertz CT molecular complexity index is 440. The van der Waals surface area contributed by atoms with Crippen LogP contribution in [0.5, 0.6) is 5.75 Å². The molecule has 0 bridgehead atoms. The fourth-order valence-electron chi connectivity index (χ4n) is 0.915. The van der Waals surface area contributed by atoms with E-state index in [0.29, 0.717) is 11.0 Å². The van der Waals surface area contributed by atoms with Crippen LogP contribution < -0.4 is 0 Å². The van der Waals surface area contributed by atoms with Gasteiger partial charge in [-0.2, -0.15) is 0 Å². The first kappa shape index (κ1) is 7.64. The lowest BCUT2D eigenvalue weighted by molar-refractivity contribution is 0.476. The third kappa shape index (κ3) is 0.922. The van der Waals surface area contributed by atoms with Gasteiger partial charge in [0.1, 0.15) is 16.3 Å². The number of aromatic amines is 1. The summed E-state index contributed by atoms with van der Waals surface area (Å²) in [5.41, 5.74) is 1.02. The molecule has 2 aromatic rings. The van der Waals surface area contributed by atoms with Crippen molar-refractivity contribution >= 4 is 34.2 Å². The van der Waals surface area contributed by atoms with Gasteiger partial charge in [0.2, 0.25) is 0 Å². The number of hydrogen-bond donors (Lipinski definition) is 2. The summed E-state index contributed by atoms with van der Waals surface area (Å²) in [6.45, 7) is 0. The summed E-state index contributed by atoms with van der Waals surface area (Å²) in [6.07, 6.45) is 0. The third-order valence-corrected chi connectivity index (χ3v) is 2.33. The highest BCUT2D eigenvalue weighted by Crippen LogP contribution is 2.35. The van der Waals surface area contributed by atoms with E-state index in [4.69, 9.17) is 23.2 Å². The van der Waals surface area contributed by atoms with Gasteiger partial charge in [-0.1, -0.05) is 28.4 Å². The van der Waals surface area contributed by atoms with Gasteiger partial charge >= 0.3 is 0 Å². The summed E-state index contributed by atoms with van der Waals surface area (Å²) in [7, 11) is 0. The number of fused-ring (bicyclic) bond motifs is 1. The second-order valence-corrected chi connectivity index (χ2v) is 2.99. The van der Waals surface area contributed by atoms with Crippen LogP contribution in [0.1, 0.15) is 0 Å². The van der Waals surface area contributed by atoms with Crippen molar-refractivity contribution < 1.29 is 5.11 Å². The molecule has 2 N–H and O–H groups in total. The molecule has 62 valence electrons. The molecule has 0 aliphatic rings. The normalized spacial score (nSPS) is 10.8. The topological polar surface area (TPSA) is 61.8 Å². The zero-order chi connectivity index (χ0) is 8.72. The lowest BCUT2D eigenvalue weighted by Crippen LogP contribution is -1.75. The van der Waals surface area contributed by atoms with Crippen LogP contribution in [0.15, 0.2) is 6.07 Å². The number of nitrogens with one attached hydrogen (secondary N) is 1. The van der Waals surface area contributed by atoms with E-state index in [1.165, 1.54) is 6.07 Å². The molecule has 4 nitrogen and oxygen atoms in total. The van der Waals surface area contributed by atoms with Crippen molar-refractivity contribution in [3.63, 3.8) is 0 Å². The monoisotopic (exact) mass is 203 g/mol. The number of H-pyrrole nitrogens is 1. The fraction of sp³-hybridized carbons (Fsp3) is 0. The molecule has 0 aliphatic heterocycles. The van der Waals surface area contributed by atoms with Gasteiger partial charge in [-0.05, 0) is 0 Å². The van der Waals surface area contributed by atoms with E-state index >= 15 is 0 Å². The molecule has 1 aromatic heterocycles. The number of benzene rings is 1. The average molecular weight is 204 g/mol. The Morgan fingerprint density at radius 3 is 2.83 bits per heavy atom. The van der Waals surface area contributed by atoms with E-state index in [1.54, 1.807) is 0 Å². The molecule has 0 atom stereocenters. The van der Waals surface area contributed by atoms with E-state index in [2.05, 4.69) is 15.4 Å². The highest BCUT2D eigenvalue weighted by Gasteiger charge is 2.11. The average Bonchev–Trinajstić information content (AvgIpc) is 2.48. The Balaban J connectivity index is 2.94. The first-order valence-corrected chi connectivity index (χ1v) is 3.83. The maximum atomic E-state index is 9.22. The van der Waals surface area contributed by atoms with Crippen molar-refractivity contribution in [1.82, 2.24) is 15.4 Å². The first-order chi connectivity index (χ1) is 5.70. The smallest absolute Gasteiger partial charge is 0.137 e. The number of phenolic OH excluding ortho intramolecular Hbond substituents is 1. The summed E-state index contributed by atoms with van der Waals surface area (Å²) in [5, 5.41) is 19.3. The molecule has 0 saturated heterocycles. The van der Waals surface area contributed by atoms with Crippen LogP contribution in [0.4, 0.5) is 0 Å². The van der Waals surface area contributed by atoms with E-state index in [-0.39, 0.29) is 15.8 Å². The summed E-state index contributed by atoms with van der Waals surface area (Å²) in [5.74, 6) is -0.0831.